The maximum Gasteiger partial charge on any atom is 0.227 e. The summed E-state index contributed by atoms with van der Waals surface area (Å²) < 4.78 is 0.929. The first-order chi connectivity index (χ1) is 8.97. The van der Waals surface area contributed by atoms with Crippen molar-refractivity contribution in [1.82, 2.24) is 4.90 Å². The summed E-state index contributed by atoms with van der Waals surface area (Å²) in [5, 5.41) is 2.96. The molecule has 0 aliphatic carbocycles. The van der Waals surface area contributed by atoms with Gasteiger partial charge in [-0.05, 0) is 57.6 Å². The van der Waals surface area contributed by atoms with E-state index >= 15 is 0 Å². The molecule has 0 unspecified atom stereocenters. The molecule has 1 amide bonds. The molecular weight excluding hydrogens is 377 g/mol. The number of likely N-dealkylation sites (tertiary alicyclic amines) is 1. The van der Waals surface area contributed by atoms with Crippen LogP contribution in [0, 0.1) is 12.8 Å². The molecule has 1 heterocycles. The number of hydrogen-bond donors (Lipinski definition) is 2. The number of anilines is 2. The fraction of sp³-hybridized carbons (Fsp3) is 0.500. The van der Waals surface area contributed by atoms with Crippen molar-refractivity contribution in [1.29, 1.82) is 0 Å². The first-order valence-corrected chi connectivity index (χ1v) is 7.31. The van der Waals surface area contributed by atoms with Gasteiger partial charge in [-0.3, -0.25) is 4.79 Å². The Balaban J connectivity index is 0.00000200. The fourth-order valence-electron chi connectivity index (χ4n) is 2.36. The van der Waals surface area contributed by atoms with E-state index in [2.05, 4.69) is 33.2 Å². The minimum absolute atomic E-state index is 0. The highest BCUT2D eigenvalue weighted by Gasteiger charge is 2.23. The van der Waals surface area contributed by atoms with Gasteiger partial charge in [-0.1, -0.05) is 15.9 Å². The van der Waals surface area contributed by atoms with Gasteiger partial charge in [0.25, 0.3) is 0 Å². The molecule has 21 heavy (non-hydrogen) atoms. The van der Waals surface area contributed by atoms with Crippen molar-refractivity contribution in [2.45, 2.75) is 19.8 Å². The van der Waals surface area contributed by atoms with E-state index in [0.717, 1.165) is 36.0 Å². The highest BCUT2D eigenvalue weighted by molar-refractivity contribution is 9.10. The fourth-order valence-corrected chi connectivity index (χ4v) is 2.94. The minimum atomic E-state index is 0. The molecule has 1 aliphatic rings. The summed E-state index contributed by atoms with van der Waals surface area (Å²) in [6.07, 6.45) is 1.82. The summed E-state index contributed by atoms with van der Waals surface area (Å²) in [6, 6.07) is 3.80. The number of piperidine rings is 1. The van der Waals surface area contributed by atoms with Gasteiger partial charge in [0.05, 0.1) is 11.4 Å². The summed E-state index contributed by atoms with van der Waals surface area (Å²) in [6.45, 7) is 3.89. The van der Waals surface area contributed by atoms with E-state index in [1.807, 2.05) is 19.1 Å². The van der Waals surface area contributed by atoms with Crippen LogP contribution >= 0.6 is 40.7 Å². The Hall–Kier alpha value is -0.490. The molecule has 1 aromatic carbocycles. The van der Waals surface area contributed by atoms with Gasteiger partial charge in [-0.2, -0.15) is 0 Å². The normalized spacial score (nSPS) is 15.8. The molecule has 0 radical (unpaired) electrons. The maximum absolute atomic E-state index is 12.2. The minimum Gasteiger partial charge on any atom is -0.397 e. The first kappa shape index (κ1) is 20.5. The van der Waals surface area contributed by atoms with Crippen molar-refractivity contribution < 1.29 is 4.79 Å². The Bertz CT molecular complexity index is 491. The summed E-state index contributed by atoms with van der Waals surface area (Å²) >= 11 is 3.43. The van der Waals surface area contributed by atoms with E-state index in [-0.39, 0.29) is 36.6 Å². The zero-order chi connectivity index (χ0) is 14.0. The first-order valence-electron chi connectivity index (χ1n) is 6.52. The number of rotatable bonds is 2. The van der Waals surface area contributed by atoms with Gasteiger partial charge in [0.1, 0.15) is 0 Å². The lowest BCUT2D eigenvalue weighted by Crippen LogP contribution is -2.36. The lowest BCUT2D eigenvalue weighted by molar-refractivity contribution is -0.121. The van der Waals surface area contributed by atoms with Gasteiger partial charge < -0.3 is 16.0 Å². The summed E-state index contributed by atoms with van der Waals surface area (Å²) in [5.41, 5.74) is 8.32. The van der Waals surface area contributed by atoms with Crippen molar-refractivity contribution in [2.75, 3.05) is 31.2 Å². The Kier molecular flexibility index (Phi) is 8.63. The van der Waals surface area contributed by atoms with Crippen LogP contribution in [-0.2, 0) is 4.79 Å². The molecule has 1 fully saturated rings. The highest BCUT2D eigenvalue weighted by Crippen LogP contribution is 2.28. The maximum atomic E-state index is 12.2. The second kappa shape index (κ2) is 8.83. The van der Waals surface area contributed by atoms with Crippen molar-refractivity contribution >= 4 is 58.0 Å². The summed E-state index contributed by atoms with van der Waals surface area (Å²) in [5.74, 6) is 0.173. The average Bonchev–Trinajstić information content (AvgIpc) is 2.36. The van der Waals surface area contributed by atoms with Gasteiger partial charge in [0.2, 0.25) is 5.91 Å². The van der Waals surface area contributed by atoms with Crippen molar-refractivity contribution in [3.8, 4) is 0 Å². The third kappa shape index (κ3) is 5.33. The lowest BCUT2D eigenvalue weighted by Gasteiger charge is -2.28. The second-order valence-electron chi connectivity index (χ2n) is 5.25. The molecule has 1 aliphatic heterocycles. The SMILES string of the molecule is Cc1cc(Br)cc(NC(=O)C2CCN(C)CC2)c1N.Cl.Cl. The van der Waals surface area contributed by atoms with Crippen LogP contribution in [0.2, 0.25) is 0 Å². The van der Waals surface area contributed by atoms with E-state index in [9.17, 15) is 4.79 Å². The highest BCUT2D eigenvalue weighted by atomic mass is 79.9. The van der Waals surface area contributed by atoms with Crippen LogP contribution < -0.4 is 11.1 Å². The zero-order valence-corrected chi connectivity index (χ0v) is 15.4. The van der Waals surface area contributed by atoms with E-state index in [1.165, 1.54) is 0 Å². The molecule has 2 rings (SSSR count). The largest absolute Gasteiger partial charge is 0.397 e. The third-order valence-electron chi connectivity index (χ3n) is 3.70. The van der Waals surface area contributed by atoms with Crippen LogP contribution in [-0.4, -0.2) is 30.9 Å². The molecule has 1 aromatic rings. The van der Waals surface area contributed by atoms with Crippen molar-refractivity contribution in [2.24, 2.45) is 5.92 Å². The van der Waals surface area contributed by atoms with Crippen LogP contribution in [0.3, 0.4) is 0 Å². The Morgan fingerprint density at radius 3 is 2.48 bits per heavy atom. The van der Waals surface area contributed by atoms with E-state index in [1.54, 1.807) is 0 Å². The van der Waals surface area contributed by atoms with Gasteiger partial charge in [-0.25, -0.2) is 0 Å². The number of nitrogens with zero attached hydrogens (tertiary/aromatic N) is 1. The Morgan fingerprint density at radius 2 is 1.90 bits per heavy atom. The molecule has 0 aromatic heterocycles. The standard InChI is InChI=1S/C14H20BrN3O.2ClH/c1-9-7-11(15)8-12(13(9)16)17-14(19)10-3-5-18(2)6-4-10;;/h7-8,10H,3-6,16H2,1-2H3,(H,17,19);2*1H. The number of hydrogen-bond acceptors (Lipinski definition) is 3. The van der Waals surface area contributed by atoms with Crippen LogP contribution in [0.25, 0.3) is 0 Å². The molecule has 0 atom stereocenters. The number of nitrogens with one attached hydrogen (secondary N) is 1. The molecule has 0 spiro atoms. The quantitative estimate of drug-likeness (QED) is 0.750. The molecule has 120 valence electrons. The topological polar surface area (TPSA) is 58.4 Å². The number of nitrogen functional groups attached to an aromatic ring is 1. The van der Waals surface area contributed by atoms with E-state index in [0.29, 0.717) is 11.4 Å². The number of aryl methyl sites for hydroxylation is 1. The van der Waals surface area contributed by atoms with Crippen LogP contribution in [0.15, 0.2) is 16.6 Å². The molecule has 0 saturated carbocycles. The van der Waals surface area contributed by atoms with Gasteiger partial charge in [0, 0.05) is 10.4 Å². The number of carbonyl (C=O) groups is 1. The number of halogens is 3. The predicted octanol–water partition coefficient (Wildman–Crippen LogP) is 3.46. The van der Waals surface area contributed by atoms with Crippen LogP contribution in [0.4, 0.5) is 11.4 Å². The van der Waals surface area contributed by atoms with E-state index < -0.39 is 0 Å². The summed E-state index contributed by atoms with van der Waals surface area (Å²) in [4.78, 5) is 14.5. The zero-order valence-electron chi connectivity index (χ0n) is 12.2. The molecule has 3 N–H and O–H groups in total. The number of amides is 1. The van der Waals surface area contributed by atoms with Gasteiger partial charge in [-0.15, -0.1) is 24.8 Å². The third-order valence-corrected chi connectivity index (χ3v) is 4.16. The van der Waals surface area contributed by atoms with Crippen molar-refractivity contribution in [3.63, 3.8) is 0 Å². The molecule has 1 saturated heterocycles. The average molecular weight is 399 g/mol. The van der Waals surface area contributed by atoms with E-state index in [4.69, 9.17) is 5.73 Å². The van der Waals surface area contributed by atoms with Crippen LogP contribution in [0.1, 0.15) is 18.4 Å². The molecular formula is C14H22BrCl2N3O. The number of nitrogens with two attached hydrogens (primary N) is 1. The Morgan fingerprint density at radius 1 is 1.33 bits per heavy atom. The second-order valence-corrected chi connectivity index (χ2v) is 6.17. The Labute approximate surface area is 146 Å². The smallest absolute Gasteiger partial charge is 0.227 e. The van der Waals surface area contributed by atoms with Crippen molar-refractivity contribution in [3.05, 3.63) is 22.2 Å². The monoisotopic (exact) mass is 397 g/mol. The number of carbonyl (C=O) groups excluding carboxylic acids is 1. The van der Waals surface area contributed by atoms with Crippen LogP contribution in [0.5, 0.6) is 0 Å². The number of benzene rings is 1. The molecule has 0 bridgehead atoms. The molecule has 4 nitrogen and oxygen atoms in total. The van der Waals surface area contributed by atoms with Gasteiger partial charge in [0.15, 0.2) is 0 Å². The molecule has 7 heteroatoms. The van der Waals surface area contributed by atoms with Gasteiger partial charge >= 0.3 is 0 Å². The lowest BCUT2D eigenvalue weighted by atomic mass is 9.96. The predicted molar refractivity (Wildman–Crippen MR) is 96.6 cm³/mol. The summed E-state index contributed by atoms with van der Waals surface area (Å²) in [7, 11) is 2.09.